The number of carbonyl (C=O) groups excluding carboxylic acids is 1. The van der Waals surface area contributed by atoms with Crippen molar-refractivity contribution in [3.63, 3.8) is 0 Å². The molecule has 0 unspecified atom stereocenters. The van der Waals surface area contributed by atoms with Gasteiger partial charge in [0, 0.05) is 19.3 Å². The van der Waals surface area contributed by atoms with Crippen molar-refractivity contribution in [2.75, 3.05) is 13.2 Å². The number of rotatable bonds is 4. The minimum absolute atomic E-state index is 0.0583. The molecule has 0 radical (unpaired) electrons. The molecular weight excluding hydrogens is 352 g/mol. The van der Waals surface area contributed by atoms with E-state index >= 15 is 0 Å². The predicted molar refractivity (Wildman–Crippen MR) is 109 cm³/mol. The first kappa shape index (κ1) is 18.5. The van der Waals surface area contributed by atoms with E-state index in [-0.39, 0.29) is 11.9 Å². The molecule has 0 bridgehead atoms. The molecule has 0 N–H and O–H groups in total. The molecule has 1 aliphatic rings. The van der Waals surface area contributed by atoms with Gasteiger partial charge in [0.25, 0.3) is 5.91 Å². The summed E-state index contributed by atoms with van der Waals surface area (Å²) in [6.45, 7) is 7.24. The summed E-state index contributed by atoms with van der Waals surface area (Å²) in [6, 6.07) is 10.1. The second-order valence-electron chi connectivity index (χ2n) is 7.38. The van der Waals surface area contributed by atoms with Crippen LogP contribution in [0, 0.1) is 13.8 Å². The van der Waals surface area contributed by atoms with Gasteiger partial charge < -0.3 is 9.64 Å². The van der Waals surface area contributed by atoms with Crippen LogP contribution in [0.15, 0.2) is 30.3 Å². The average molecular weight is 378 g/mol. The van der Waals surface area contributed by atoms with E-state index in [1.807, 2.05) is 50.9 Å². The molecule has 146 valence electrons. The van der Waals surface area contributed by atoms with Gasteiger partial charge in [-0.15, -0.1) is 0 Å². The number of hydrogen-bond donors (Lipinski definition) is 0. The van der Waals surface area contributed by atoms with Gasteiger partial charge in [-0.1, -0.05) is 12.1 Å². The monoisotopic (exact) mass is 378 g/mol. The summed E-state index contributed by atoms with van der Waals surface area (Å²) in [5, 5.41) is 5.33. The van der Waals surface area contributed by atoms with Gasteiger partial charge in [0.05, 0.1) is 29.3 Å². The normalized spacial score (nSPS) is 16.7. The molecule has 3 heterocycles. The quantitative estimate of drug-likeness (QED) is 0.689. The van der Waals surface area contributed by atoms with Crippen LogP contribution in [-0.4, -0.2) is 38.7 Å². The molecule has 28 heavy (non-hydrogen) atoms. The van der Waals surface area contributed by atoms with Crippen molar-refractivity contribution in [2.24, 2.45) is 7.05 Å². The molecule has 1 atom stereocenters. The minimum atomic E-state index is 0.0583. The lowest BCUT2D eigenvalue weighted by atomic mass is 10.0. The van der Waals surface area contributed by atoms with E-state index in [1.54, 1.807) is 4.68 Å². The summed E-state index contributed by atoms with van der Waals surface area (Å²) < 4.78 is 7.30. The number of likely N-dealkylation sites (tertiary alicyclic amines) is 1. The maximum absolute atomic E-state index is 13.6. The van der Waals surface area contributed by atoms with Gasteiger partial charge in [0.1, 0.15) is 5.75 Å². The number of pyridine rings is 1. The number of hydrogen-bond acceptors (Lipinski definition) is 4. The van der Waals surface area contributed by atoms with Gasteiger partial charge in [-0.3, -0.25) is 9.48 Å². The lowest BCUT2D eigenvalue weighted by Crippen LogP contribution is -2.31. The van der Waals surface area contributed by atoms with E-state index in [9.17, 15) is 4.79 Å². The number of ether oxygens (including phenoxy) is 1. The largest absolute Gasteiger partial charge is 0.494 e. The van der Waals surface area contributed by atoms with Gasteiger partial charge in [-0.25, -0.2) is 4.98 Å². The number of aryl methyl sites for hydroxylation is 3. The zero-order valence-corrected chi connectivity index (χ0v) is 16.9. The Balaban J connectivity index is 1.70. The Labute approximate surface area is 165 Å². The summed E-state index contributed by atoms with van der Waals surface area (Å²) in [4.78, 5) is 20.1. The second-order valence-corrected chi connectivity index (χ2v) is 7.38. The van der Waals surface area contributed by atoms with E-state index in [0.717, 1.165) is 53.1 Å². The predicted octanol–water partition coefficient (Wildman–Crippen LogP) is 3.96. The number of aromatic nitrogens is 3. The lowest BCUT2D eigenvalue weighted by molar-refractivity contribution is 0.0737. The molecule has 1 fully saturated rings. The molecule has 4 rings (SSSR count). The number of amides is 1. The highest BCUT2D eigenvalue weighted by molar-refractivity contribution is 6.06. The van der Waals surface area contributed by atoms with Crippen LogP contribution in [0.25, 0.3) is 11.0 Å². The topological polar surface area (TPSA) is 60.2 Å². The fourth-order valence-corrected chi connectivity index (χ4v) is 4.20. The van der Waals surface area contributed by atoms with E-state index in [2.05, 4.69) is 22.2 Å². The molecule has 3 aromatic rings. The molecule has 2 aromatic heterocycles. The minimum Gasteiger partial charge on any atom is -0.494 e. The Kier molecular flexibility index (Phi) is 4.79. The van der Waals surface area contributed by atoms with Gasteiger partial charge in [0.2, 0.25) is 0 Å². The Morgan fingerprint density at radius 3 is 2.71 bits per heavy atom. The van der Waals surface area contributed by atoms with Gasteiger partial charge in [-0.05, 0) is 57.4 Å². The molecule has 0 spiro atoms. The van der Waals surface area contributed by atoms with Gasteiger partial charge in [0.15, 0.2) is 5.65 Å². The van der Waals surface area contributed by atoms with Crippen LogP contribution in [0.5, 0.6) is 5.75 Å². The van der Waals surface area contributed by atoms with Crippen molar-refractivity contribution in [2.45, 2.75) is 39.7 Å². The molecule has 0 saturated carbocycles. The first-order valence-corrected chi connectivity index (χ1v) is 9.84. The summed E-state index contributed by atoms with van der Waals surface area (Å²) in [5.41, 5.74) is 4.28. The van der Waals surface area contributed by atoms with Gasteiger partial charge >= 0.3 is 0 Å². The Hall–Kier alpha value is -2.89. The lowest BCUT2D eigenvalue weighted by Gasteiger charge is -2.26. The van der Waals surface area contributed by atoms with Crippen LogP contribution < -0.4 is 4.74 Å². The van der Waals surface area contributed by atoms with Crippen LogP contribution in [0.4, 0.5) is 0 Å². The molecule has 1 aromatic carbocycles. The first-order valence-electron chi connectivity index (χ1n) is 9.84. The van der Waals surface area contributed by atoms with E-state index in [1.165, 1.54) is 0 Å². The number of carbonyl (C=O) groups is 1. The number of nitrogens with zero attached hydrogens (tertiary/aromatic N) is 4. The Bertz CT molecular complexity index is 1020. The molecule has 6 nitrogen and oxygen atoms in total. The zero-order chi connectivity index (χ0) is 19.8. The molecule has 0 aliphatic carbocycles. The Morgan fingerprint density at radius 1 is 1.25 bits per heavy atom. The maximum atomic E-state index is 13.6. The first-order chi connectivity index (χ1) is 13.5. The fourth-order valence-electron chi connectivity index (χ4n) is 4.20. The average Bonchev–Trinajstić information content (AvgIpc) is 3.27. The maximum Gasteiger partial charge on any atom is 0.255 e. The molecular formula is C22H26N4O2. The highest BCUT2D eigenvalue weighted by Crippen LogP contribution is 2.35. The van der Waals surface area contributed by atoms with Crippen molar-refractivity contribution < 1.29 is 9.53 Å². The van der Waals surface area contributed by atoms with E-state index < -0.39 is 0 Å². The van der Waals surface area contributed by atoms with Gasteiger partial charge in [-0.2, -0.15) is 5.10 Å². The van der Waals surface area contributed by atoms with E-state index in [4.69, 9.17) is 4.74 Å². The number of fused-ring (bicyclic) bond motifs is 1. The summed E-state index contributed by atoms with van der Waals surface area (Å²) in [6.07, 6.45) is 1.97. The smallest absolute Gasteiger partial charge is 0.255 e. The van der Waals surface area contributed by atoms with Crippen molar-refractivity contribution in [1.82, 2.24) is 19.7 Å². The van der Waals surface area contributed by atoms with E-state index in [0.29, 0.717) is 12.2 Å². The second kappa shape index (κ2) is 7.26. The van der Waals surface area contributed by atoms with Crippen LogP contribution in [-0.2, 0) is 7.05 Å². The van der Waals surface area contributed by atoms with Crippen LogP contribution >= 0.6 is 0 Å². The molecule has 1 saturated heterocycles. The molecule has 6 heteroatoms. The third-order valence-electron chi connectivity index (χ3n) is 5.42. The van der Waals surface area contributed by atoms with Crippen molar-refractivity contribution in [3.8, 4) is 5.75 Å². The third-order valence-corrected chi connectivity index (χ3v) is 5.42. The highest BCUT2D eigenvalue weighted by atomic mass is 16.5. The van der Waals surface area contributed by atoms with Crippen molar-refractivity contribution >= 4 is 16.9 Å². The highest BCUT2D eigenvalue weighted by Gasteiger charge is 2.32. The number of benzene rings is 1. The SMILES string of the molecule is CCOc1ccc([C@H]2CCCN2C(=O)c2cc(C)nc3c2c(C)nn3C)cc1. The summed E-state index contributed by atoms with van der Waals surface area (Å²) >= 11 is 0. The van der Waals surface area contributed by atoms with Crippen molar-refractivity contribution in [1.29, 1.82) is 0 Å². The molecule has 1 aliphatic heterocycles. The van der Waals surface area contributed by atoms with Crippen molar-refractivity contribution in [3.05, 3.63) is 52.8 Å². The Morgan fingerprint density at radius 2 is 2.00 bits per heavy atom. The fraction of sp³-hybridized carbons (Fsp3) is 0.409. The third kappa shape index (κ3) is 3.13. The standard InChI is InChI=1S/C22H26N4O2/c1-5-28-17-10-8-16(9-11-17)19-7-6-12-26(19)22(27)18-13-14(2)23-21-20(18)15(3)24-25(21)4/h8-11,13,19H,5-7,12H2,1-4H3/t19-/m1/s1. The summed E-state index contributed by atoms with van der Waals surface area (Å²) in [5.74, 6) is 0.919. The van der Waals surface area contributed by atoms with Crippen LogP contribution in [0.1, 0.15) is 53.1 Å². The summed E-state index contributed by atoms with van der Waals surface area (Å²) in [7, 11) is 1.87. The zero-order valence-electron chi connectivity index (χ0n) is 16.9. The van der Waals surface area contributed by atoms with Crippen LogP contribution in [0.3, 0.4) is 0 Å². The van der Waals surface area contributed by atoms with Crippen LogP contribution in [0.2, 0.25) is 0 Å². The molecule has 1 amide bonds.